The number of hydrogen-bond donors (Lipinski definition) is 1. The molecule has 0 spiro atoms. The molecule has 0 unspecified atom stereocenters. The molecule has 1 amide bonds. The highest BCUT2D eigenvalue weighted by molar-refractivity contribution is 8.00. The predicted octanol–water partition coefficient (Wildman–Crippen LogP) is 5.69. The number of amides is 1. The van der Waals surface area contributed by atoms with Crippen LogP contribution in [0.25, 0.3) is 10.9 Å². The topological polar surface area (TPSA) is 51.2 Å². The fourth-order valence-corrected chi connectivity index (χ4v) is 3.54. The van der Waals surface area contributed by atoms with Crippen molar-refractivity contribution < 1.29 is 22.7 Å². The summed E-state index contributed by atoms with van der Waals surface area (Å²) in [5.41, 5.74) is 0.987. The molecule has 0 bridgehead atoms. The molecule has 1 N–H and O–H groups in total. The van der Waals surface area contributed by atoms with Crippen LogP contribution in [0.5, 0.6) is 5.75 Å². The Morgan fingerprint density at radius 2 is 1.97 bits per heavy atom. The monoisotopic (exact) mass is 420 g/mol. The summed E-state index contributed by atoms with van der Waals surface area (Å²) in [7, 11) is 0. The van der Waals surface area contributed by atoms with Gasteiger partial charge in [-0.15, -0.1) is 0 Å². The number of carbonyl (C=O) groups is 1. The maximum absolute atomic E-state index is 12.8. The van der Waals surface area contributed by atoms with Crippen LogP contribution in [0.1, 0.15) is 18.1 Å². The van der Waals surface area contributed by atoms with E-state index in [1.807, 2.05) is 38.1 Å². The van der Waals surface area contributed by atoms with E-state index < -0.39 is 17.6 Å². The molecular formula is C21H19F3N2O2S. The zero-order valence-electron chi connectivity index (χ0n) is 15.8. The summed E-state index contributed by atoms with van der Waals surface area (Å²) in [5.74, 6) is 0.400. The third-order valence-corrected chi connectivity index (χ3v) is 5.15. The molecule has 29 heavy (non-hydrogen) atoms. The van der Waals surface area contributed by atoms with Gasteiger partial charge < -0.3 is 10.1 Å². The van der Waals surface area contributed by atoms with Gasteiger partial charge in [0.2, 0.25) is 5.91 Å². The SMILES string of the molecule is CCOc1ccc2nc(SCC(=O)Nc3cccc(C(F)(F)F)c3)c(C)cc2c1. The number of alkyl halides is 3. The van der Waals surface area contributed by atoms with Crippen molar-refractivity contribution in [2.45, 2.75) is 25.0 Å². The van der Waals surface area contributed by atoms with Gasteiger partial charge in [0.25, 0.3) is 0 Å². The molecule has 0 saturated heterocycles. The third kappa shape index (κ3) is 5.41. The van der Waals surface area contributed by atoms with E-state index in [0.717, 1.165) is 34.3 Å². The summed E-state index contributed by atoms with van der Waals surface area (Å²) in [4.78, 5) is 16.8. The lowest BCUT2D eigenvalue weighted by Gasteiger charge is -2.11. The fourth-order valence-electron chi connectivity index (χ4n) is 2.75. The molecule has 0 aliphatic heterocycles. The van der Waals surface area contributed by atoms with E-state index in [0.29, 0.717) is 11.6 Å². The first kappa shape index (κ1) is 21.0. The number of fused-ring (bicyclic) bond motifs is 1. The third-order valence-electron chi connectivity index (χ3n) is 4.05. The van der Waals surface area contributed by atoms with Gasteiger partial charge in [-0.3, -0.25) is 4.79 Å². The Balaban J connectivity index is 1.68. The van der Waals surface area contributed by atoms with E-state index in [9.17, 15) is 18.0 Å². The molecule has 0 atom stereocenters. The van der Waals surface area contributed by atoms with E-state index in [-0.39, 0.29) is 11.4 Å². The molecular weight excluding hydrogens is 401 g/mol. The maximum Gasteiger partial charge on any atom is 0.416 e. The molecule has 1 aromatic heterocycles. The number of thioether (sulfide) groups is 1. The molecule has 0 aliphatic rings. The van der Waals surface area contributed by atoms with Crippen LogP contribution in [-0.2, 0) is 11.0 Å². The molecule has 4 nitrogen and oxygen atoms in total. The zero-order chi connectivity index (χ0) is 21.0. The Morgan fingerprint density at radius 3 is 2.69 bits per heavy atom. The number of aryl methyl sites for hydroxylation is 1. The Hall–Kier alpha value is -2.74. The van der Waals surface area contributed by atoms with Crippen molar-refractivity contribution >= 4 is 34.3 Å². The van der Waals surface area contributed by atoms with Crippen LogP contribution in [0, 0.1) is 6.92 Å². The number of aromatic nitrogens is 1. The minimum Gasteiger partial charge on any atom is -0.494 e. The average Bonchev–Trinajstić information content (AvgIpc) is 2.66. The van der Waals surface area contributed by atoms with Crippen LogP contribution in [0.4, 0.5) is 18.9 Å². The molecule has 0 saturated carbocycles. The minimum atomic E-state index is -4.45. The van der Waals surface area contributed by atoms with Gasteiger partial charge in [-0.1, -0.05) is 17.8 Å². The highest BCUT2D eigenvalue weighted by Gasteiger charge is 2.30. The lowest BCUT2D eigenvalue weighted by molar-refractivity contribution is -0.137. The van der Waals surface area contributed by atoms with Gasteiger partial charge in [0.1, 0.15) is 10.8 Å². The second kappa shape index (κ2) is 8.73. The number of hydrogen-bond acceptors (Lipinski definition) is 4. The standard InChI is InChI=1S/C21H19F3N2O2S/c1-3-28-17-7-8-18-14(10-17)9-13(2)20(26-18)29-12-19(27)25-16-6-4-5-15(11-16)21(22,23)24/h4-11H,3,12H2,1-2H3,(H,25,27). The molecule has 3 rings (SSSR count). The normalized spacial score (nSPS) is 11.5. The Labute approximate surface area is 170 Å². The number of nitrogens with one attached hydrogen (secondary N) is 1. The van der Waals surface area contributed by atoms with Gasteiger partial charge in [-0.25, -0.2) is 4.98 Å². The first-order valence-corrected chi connectivity index (χ1v) is 9.89. The van der Waals surface area contributed by atoms with Crippen LogP contribution in [-0.4, -0.2) is 23.3 Å². The number of nitrogens with zero attached hydrogens (tertiary/aromatic N) is 1. The van der Waals surface area contributed by atoms with Crippen molar-refractivity contribution in [3.63, 3.8) is 0 Å². The Bertz CT molecular complexity index is 1040. The second-order valence-electron chi connectivity index (χ2n) is 6.31. The number of pyridine rings is 1. The number of rotatable bonds is 6. The smallest absolute Gasteiger partial charge is 0.416 e. The summed E-state index contributed by atoms with van der Waals surface area (Å²) in [6.07, 6.45) is -4.45. The van der Waals surface area contributed by atoms with Gasteiger partial charge in [0.05, 0.1) is 23.4 Å². The van der Waals surface area contributed by atoms with Gasteiger partial charge >= 0.3 is 6.18 Å². The van der Waals surface area contributed by atoms with E-state index in [1.165, 1.54) is 23.9 Å². The van der Waals surface area contributed by atoms with Crippen molar-refractivity contribution in [1.29, 1.82) is 0 Å². The first-order valence-electron chi connectivity index (χ1n) is 8.90. The molecule has 152 valence electrons. The van der Waals surface area contributed by atoms with E-state index >= 15 is 0 Å². The lowest BCUT2D eigenvalue weighted by atomic mass is 10.1. The lowest BCUT2D eigenvalue weighted by Crippen LogP contribution is -2.15. The van der Waals surface area contributed by atoms with Gasteiger partial charge in [-0.05, 0) is 61.9 Å². The number of halogens is 3. The second-order valence-corrected chi connectivity index (χ2v) is 7.28. The number of benzene rings is 2. The van der Waals surface area contributed by atoms with Crippen LogP contribution < -0.4 is 10.1 Å². The zero-order valence-corrected chi connectivity index (χ0v) is 16.7. The maximum atomic E-state index is 12.8. The van der Waals surface area contributed by atoms with E-state index in [1.54, 1.807) is 0 Å². The molecule has 3 aromatic rings. The molecule has 2 aromatic carbocycles. The highest BCUT2D eigenvalue weighted by Crippen LogP contribution is 2.31. The predicted molar refractivity (Wildman–Crippen MR) is 108 cm³/mol. The van der Waals surface area contributed by atoms with Crippen LogP contribution in [0.15, 0.2) is 53.6 Å². The minimum absolute atomic E-state index is 0.0343. The first-order chi connectivity index (χ1) is 13.8. The number of carbonyl (C=O) groups excluding carboxylic acids is 1. The summed E-state index contributed by atoms with van der Waals surface area (Å²) in [6, 6.07) is 12.1. The molecule has 8 heteroatoms. The van der Waals surface area contributed by atoms with Crippen molar-refractivity contribution in [3.05, 3.63) is 59.7 Å². The van der Waals surface area contributed by atoms with E-state index in [4.69, 9.17) is 4.74 Å². The molecule has 0 radical (unpaired) electrons. The van der Waals surface area contributed by atoms with Crippen molar-refractivity contribution in [2.24, 2.45) is 0 Å². The van der Waals surface area contributed by atoms with E-state index in [2.05, 4.69) is 10.3 Å². The highest BCUT2D eigenvalue weighted by atomic mass is 32.2. The Kier molecular flexibility index (Phi) is 6.32. The quantitative estimate of drug-likeness (QED) is 0.521. The number of anilines is 1. The Morgan fingerprint density at radius 1 is 1.17 bits per heavy atom. The van der Waals surface area contributed by atoms with Crippen molar-refractivity contribution in [3.8, 4) is 5.75 Å². The summed E-state index contributed by atoms with van der Waals surface area (Å²) in [5, 5.41) is 4.13. The van der Waals surface area contributed by atoms with Crippen LogP contribution in [0.3, 0.4) is 0 Å². The molecule has 0 aliphatic carbocycles. The largest absolute Gasteiger partial charge is 0.494 e. The van der Waals surface area contributed by atoms with Gasteiger partial charge in [-0.2, -0.15) is 13.2 Å². The van der Waals surface area contributed by atoms with Crippen LogP contribution >= 0.6 is 11.8 Å². The molecule has 1 heterocycles. The van der Waals surface area contributed by atoms with Crippen LogP contribution in [0.2, 0.25) is 0 Å². The average molecular weight is 420 g/mol. The molecule has 0 fully saturated rings. The summed E-state index contributed by atoms with van der Waals surface area (Å²) in [6.45, 7) is 4.39. The fraction of sp³-hybridized carbons (Fsp3) is 0.238. The summed E-state index contributed by atoms with van der Waals surface area (Å²) >= 11 is 1.24. The van der Waals surface area contributed by atoms with Gasteiger partial charge in [0, 0.05) is 11.1 Å². The van der Waals surface area contributed by atoms with Gasteiger partial charge in [0.15, 0.2) is 0 Å². The number of ether oxygens (including phenoxy) is 1. The summed E-state index contributed by atoms with van der Waals surface area (Å²) < 4.78 is 43.8. The van der Waals surface area contributed by atoms with Crippen molar-refractivity contribution in [1.82, 2.24) is 4.98 Å². The van der Waals surface area contributed by atoms with Crippen molar-refractivity contribution in [2.75, 3.05) is 17.7 Å².